The molecule has 3 rings (SSSR count). The normalized spacial score (nSPS) is 17.3. The standard InChI is InChI=1S/C14H16N2O2/c1-14(2)17-9-12(18-14)8-16-6-5-10-7-11(15)3-4-13(10)16/h3-7,9H,8,15H2,1-2H3. The number of rotatable bonds is 2. The molecular formula is C14H16N2O2. The third-order valence-electron chi connectivity index (χ3n) is 2.97. The van der Waals surface area contributed by atoms with Crippen LogP contribution < -0.4 is 5.73 Å². The summed E-state index contributed by atoms with van der Waals surface area (Å²) >= 11 is 0. The van der Waals surface area contributed by atoms with Gasteiger partial charge in [0.25, 0.3) is 0 Å². The van der Waals surface area contributed by atoms with Crippen LogP contribution in [0.3, 0.4) is 0 Å². The number of hydrogen-bond donors (Lipinski definition) is 1. The zero-order valence-corrected chi connectivity index (χ0v) is 10.5. The first-order chi connectivity index (χ1) is 8.53. The first-order valence-corrected chi connectivity index (χ1v) is 5.94. The predicted molar refractivity (Wildman–Crippen MR) is 70.7 cm³/mol. The minimum Gasteiger partial charge on any atom is -0.457 e. The fourth-order valence-corrected chi connectivity index (χ4v) is 2.17. The Morgan fingerprint density at radius 1 is 1.28 bits per heavy atom. The Morgan fingerprint density at radius 3 is 2.83 bits per heavy atom. The largest absolute Gasteiger partial charge is 0.457 e. The highest BCUT2D eigenvalue weighted by molar-refractivity contribution is 5.83. The molecule has 94 valence electrons. The zero-order chi connectivity index (χ0) is 12.8. The number of hydrogen-bond acceptors (Lipinski definition) is 3. The summed E-state index contributed by atoms with van der Waals surface area (Å²) in [5, 5.41) is 1.13. The van der Waals surface area contributed by atoms with Gasteiger partial charge < -0.3 is 19.8 Å². The minimum atomic E-state index is -0.553. The van der Waals surface area contributed by atoms with Gasteiger partial charge in [-0.3, -0.25) is 0 Å². The van der Waals surface area contributed by atoms with Crippen LogP contribution in [0.1, 0.15) is 13.8 Å². The number of benzene rings is 1. The average molecular weight is 244 g/mol. The van der Waals surface area contributed by atoms with Gasteiger partial charge >= 0.3 is 0 Å². The van der Waals surface area contributed by atoms with Crippen molar-refractivity contribution < 1.29 is 9.47 Å². The van der Waals surface area contributed by atoms with Gasteiger partial charge in [-0.25, -0.2) is 0 Å². The summed E-state index contributed by atoms with van der Waals surface area (Å²) in [6.07, 6.45) is 3.71. The van der Waals surface area contributed by atoms with Crippen molar-refractivity contribution in [1.29, 1.82) is 0 Å². The molecule has 4 heteroatoms. The number of fused-ring (bicyclic) bond motifs is 1. The molecule has 0 atom stereocenters. The van der Waals surface area contributed by atoms with Crippen LogP contribution in [0.4, 0.5) is 5.69 Å². The second kappa shape index (κ2) is 3.70. The lowest BCUT2D eigenvalue weighted by Crippen LogP contribution is -2.20. The average Bonchev–Trinajstić information content (AvgIpc) is 2.83. The van der Waals surface area contributed by atoms with Crippen LogP contribution in [0, 0.1) is 0 Å². The molecule has 1 aliphatic heterocycles. The molecule has 0 saturated carbocycles. The van der Waals surface area contributed by atoms with E-state index in [0.29, 0.717) is 6.54 Å². The Labute approximate surface area is 106 Å². The molecule has 0 saturated heterocycles. The van der Waals surface area contributed by atoms with E-state index in [-0.39, 0.29) is 0 Å². The fraction of sp³-hybridized carbons (Fsp3) is 0.286. The van der Waals surface area contributed by atoms with Gasteiger partial charge in [-0.05, 0) is 24.3 Å². The van der Waals surface area contributed by atoms with Gasteiger partial charge in [0, 0.05) is 36.6 Å². The van der Waals surface area contributed by atoms with E-state index in [4.69, 9.17) is 15.2 Å². The summed E-state index contributed by atoms with van der Waals surface area (Å²) in [6, 6.07) is 7.94. The highest BCUT2D eigenvalue weighted by atomic mass is 16.7. The van der Waals surface area contributed by atoms with Crippen LogP contribution in [-0.4, -0.2) is 10.4 Å². The maximum atomic E-state index is 5.77. The van der Waals surface area contributed by atoms with Crippen molar-refractivity contribution in [3.8, 4) is 0 Å². The van der Waals surface area contributed by atoms with E-state index in [1.54, 1.807) is 6.26 Å². The van der Waals surface area contributed by atoms with Crippen molar-refractivity contribution in [2.24, 2.45) is 0 Å². The molecule has 0 spiro atoms. The lowest BCUT2D eigenvalue weighted by molar-refractivity contribution is -0.118. The van der Waals surface area contributed by atoms with Gasteiger partial charge in [0.2, 0.25) is 5.79 Å². The van der Waals surface area contributed by atoms with Gasteiger partial charge in [-0.1, -0.05) is 0 Å². The van der Waals surface area contributed by atoms with E-state index >= 15 is 0 Å². The number of nitrogens with two attached hydrogens (primary N) is 1. The second-order valence-corrected chi connectivity index (χ2v) is 4.97. The van der Waals surface area contributed by atoms with Gasteiger partial charge in [-0.15, -0.1) is 0 Å². The minimum absolute atomic E-state index is 0.553. The van der Waals surface area contributed by atoms with E-state index in [2.05, 4.69) is 4.57 Å². The molecule has 0 aliphatic carbocycles. The third kappa shape index (κ3) is 1.90. The number of nitrogen functional groups attached to an aromatic ring is 1. The molecule has 2 aromatic rings. The van der Waals surface area contributed by atoms with Crippen molar-refractivity contribution in [2.75, 3.05) is 5.73 Å². The molecule has 2 heterocycles. The molecule has 0 radical (unpaired) electrons. The number of anilines is 1. The Bertz CT molecular complexity index is 626. The van der Waals surface area contributed by atoms with Gasteiger partial charge in [0.15, 0.2) is 5.76 Å². The number of nitrogens with zero attached hydrogens (tertiary/aromatic N) is 1. The highest BCUT2D eigenvalue weighted by Crippen LogP contribution is 2.27. The lowest BCUT2D eigenvalue weighted by Gasteiger charge is -2.18. The Morgan fingerprint density at radius 2 is 2.11 bits per heavy atom. The molecule has 0 unspecified atom stereocenters. The Kier molecular flexibility index (Phi) is 2.26. The summed E-state index contributed by atoms with van der Waals surface area (Å²) in [4.78, 5) is 0. The highest BCUT2D eigenvalue weighted by Gasteiger charge is 2.27. The van der Waals surface area contributed by atoms with Crippen LogP contribution in [0.25, 0.3) is 10.9 Å². The monoisotopic (exact) mass is 244 g/mol. The quantitative estimate of drug-likeness (QED) is 0.826. The summed E-state index contributed by atoms with van der Waals surface area (Å²) < 4.78 is 13.2. The van der Waals surface area contributed by atoms with Crippen LogP contribution in [0.5, 0.6) is 0 Å². The molecular weight excluding hydrogens is 228 g/mol. The maximum Gasteiger partial charge on any atom is 0.244 e. The molecule has 0 bridgehead atoms. The molecule has 1 aromatic carbocycles. The van der Waals surface area contributed by atoms with E-state index < -0.39 is 5.79 Å². The number of aromatic nitrogens is 1. The predicted octanol–water partition coefficient (Wildman–Crippen LogP) is 2.85. The van der Waals surface area contributed by atoms with Crippen molar-refractivity contribution in [2.45, 2.75) is 26.2 Å². The van der Waals surface area contributed by atoms with Gasteiger partial charge in [-0.2, -0.15) is 0 Å². The van der Waals surface area contributed by atoms with Gasteiger partial charge in [0.05, 0.1) is 6.54 Å². The van der Waals surface area contributed by atoms with E-state index in [0.717, 1.165) is 22.3 Å². The topological polar surface area (TPSA) is 49.4 Å². The van der Waals surface area contributed by atoms with Crippen molar-refractivity contribution in [3.63, 3.8) is 0 Å². The van der Waals surface area contributed by atoms with Crippen LogP contribution in [0.15, 0.2) is 42.5 Å². The SMILES string of the molecule is CC1(C)OC=C(Cn2ccc3cc(N)ccc32)O1. The molecule has 18 heavy (non-hydrogen) atoms. The van der Waals surface area contributed by atoms with E-state index in [1.165, 1.54) is 0 Å². The molecule has 1 aliphatic rings. The summed E-state index contributed by atoms with van der Waals surface area (Å²) in [5.41, 5.74) is 7.68. The summed E-state index contributed by atoms with van der Waals surface area (Å²) in [7, 11) is 0. The Hall–Kier alpha value is -2.10. The van der Waals surface area contributed by atoms with Gasteiger partial charge in [0.1, 0.15) is 6.26 Å². The van der Waals surface area contributed by atoms with E-state index in [9.17, 15) is 0 Å². The van der Waals surface area contributed by atoms with Crippen molar-refractivity contribution >= 4 is 16.6 Å². The third-order valence-corrected chi connectivity index (χ3v) is 2.97. The molecule has 1 aromatic heterocycles. The fourth-order valence-electron chi connectivity index (χ4n) is 2.17. The molecule has 2 N–H and O–H groups in total. The first-order valence-electron chi connectivity index (χ1n) is 5.94. The number of ether oxygens (including phenoxy) is 2. The van der Waals surface area contributed by atoms with E-state index in [1.807, 2.05) is 44.3 Å². The second-order valence-electron chi connectivity index (χ2n) is 4.97. The van der Waals surface area contributed by atoms with Crippen LogP contribution in [-0.2, 0) is 16.0 Å². The lowest BCUT2D eigenvalue weighted by atomic mass is 10.2. The summed E-state index contributed by atoms with van der Waals surface area (Å²) in [5.74, 6) is 0.275. The number of allylic oxidation sites excluding steroid dienone is 1. The van der Waals surface area contributed by atoms with Crippen LogP contribution >= 0.6 is 0 Å². The summed E-state index contributed by atoms with van der Waals surface area (Å²) in [6.45, 7) is 4.45. The Balaban J connectivity index is 1.88. The van der Waals surface area contributed by atoms with Crippen molar-refractivity contribution in [1.82, 2.24) is 4.57 Å². The maximum absolute atomic E-state index is 5.77. The molecule has 4 nitrogen and oxygen atoms in total. The molecule has 0 fully saturated rings. The molecule has 0 amide bonds. The van der Waals surface area contributed by atoms with Crippen LogP contribution in [0.2, 0.25) is 0 Å². The smallest absolute Gasteiger partial charge is 0.244 e. The zero-order valence-electron chi connectivity index (χ0n) is 10.5. The van der Waals surface area contributed by atoms with Crippen molar-refractivity contribution in [3.05, 3.63) is 42.5 Å². The first kappa shape index (κ1) is 11.0.